The number of anilines is 1. The molecule has 0 saturated heterocycles. The Morgan fingerprint density at radius 1 is 1.03 bits per heavy atom. The van der Waals surface area contributed by atoms with E-state index in [1.54, 1.807) is 12.1 Å². The Morgan fingerprint density at radius 3 is 2.33 bits per heavy atom. The van der Waals surface area contributed by atoms with Crippen molar-refractivity contribution in [1.82, 2.24) is 4.98 Å². The number of H-pyrrole nitrogens is 1. The molecule has 152 valence electrons. The fourth-order valence-corrected chi connectivity index (χ4v) is 3.43. The fourth-order valence-electron chi connectivity index (χ4n) is 3.16. The first-order valence-electron chi connectivity index (χ1n) is 9.13. The summed E-state index contributed by atoms with van der Waals surface area (Å²) >= 11 is 6.45. The highest BCUT2D eigenvalue weighted by Crippen LogP contribution is 2.38. The second-order valence-electron chi connectivity index (χ2n) is 7.01. The molecular weight excluding hydrogens is 407 g/mol. The van der Waals surface area contributed by atoms with Crippen LogP contribution in [0.3, 0.4) is 0 Å². The largest absolute Gasteiger partial charge is 0.504 e. The molecule has 4 aromatic rings. The molecule has 0 atom stereocenters. The van der Waals surface area contributed by atoms with Gasteiger partial charge in [-0.15, -0.1) is 0 Å². The Labute approximate surface area is 176 Å². The van der Waals surface area contributed by atoms with Gasteiger partial charge in [0.25, 0.3) is 5.56 Å². The maximum atomic E-state index is 13.1. The van der Waals surface area contributed by atoms with Crippen molar-refractivity contribution in [3.8, 4) is 28.4 Å². The van der Waals surface area contributed by atoms with Crippen LogP contribution in [-0.2, 0) is 0 Å². The van der Waals surface area contributed by atoms with E-state index in [1.165, 1.54) is 24.3 Å². The number of benzene rings is 3. The van der Waals surface area contributed by atoms with Crippen molar-refractivity contribution in [2.24, 2.45) is 0 Å². The maximum Gasteiger partial charge on any atom is 0.295 e. The first-order chi connectivity index (χ1) is 14.3. The summed E-state index contributed by atoms with van der Waals surface area (Å²) in [6.45, 7) is 0. The summed E-state index contributed by atoms with van der Waals surface area (Å²) in [5.41, 5.74) is 2.35. The van der Waals surface area contributed by atoms with E-state index in [-0.39, 0.29) is 17.2 Å². The average Bonchev–Trinajstić information content (AvgIpc) is 2.72. The van der Waals surface area contributed by atoms with Gasteiger partial charge in [0.1, 0.15) is 11.6 Å². The Kier molecular flexibility index (Phi) is 5.10. The molecule has 0 spiro atoms. The summed E-state index contributed by atoms with van der Waals surface area (Å²) in [5, 5.41) is 11.6. The van der Waals surface area contributed by atoms with E-state index in [9.17, 15) is 14.3 Å². The fraction of sp³-hybridized carbons (Fsp3) is 0.0870. The number of ether oxygens (including phenoxy) is 1. The quantitative estimate of drug-likeness (QED) is 0.450. The van der Waals surface area contributed by atoms with Gasteiger partial charge in [-0.2, -0.15) is 0 Å². The summed E-state index contributed by atoms with van der Waals surface area (Å²) in [4.78, 5) is 17.1. The minimum absolute atomic E-state index is 0.227. The van der Waals surface area contributed by atoms with E-state index in [2.05, 4.69) is 4.98 Å². The van der Waals surface area contributed by atoms with E-state index in [0.717, 1.165) is 11.3 Å². The zero-order chi connectivity index (χ0) is 21.4. The van der Waals surface area contributed by atoms with Gasteiger partial charge in [0.2, 0.25) is 5.75 Å². The topological polar surface area (TPSA) is 65.6 Å². The molecule has 1 aromatic heterocycles. The van der Waals surface area contributed by atoms with Gasteiger partial charge in [0, 0.05) is 30.7 Å². The SMILES string of the molecule is CN(C)c1ccc(-c2cc3c(O)c(Oc4ccc(F)cc4)c(=O)[nH]c3cc2Cl)cc1. The van der Waals surface area contributed by atoms with Crippen molar-refractivity contribution in [2.45, 2.75) is 0 Å². The standard InChI is InChI=1S/C23H18ClFN2O3/c1-27(2)15-7-3-13(4-8-15)17-11-18-20(12-19(17)24)26-23(29)22(21(18)28)30-16-9-5-14(25)6-10-16/h3-12H,1-2H3,(H2,26,28,29). The first-order valence-corrected chi connectivity index (χ1v) is 9.51. The normalized spacial score (nSPS) is 10.9. The summed E-state index contributed by atoms with van der Waals surface area (Å²) in [5.74, 6) is -0.796. The molecular formula is C23H18ClFN2O3. The van der Waals surface area contributed by atoms with Crippen LogP contribution >= 0.6 is 11.6 Å². The van der Waals surface area contributed by atoms with Crippen LogP contribution in [0.15, 0.2) is 65.5 Å². The molecule has 0 unspecified atom stereocenters. The number of pyridine rings is 1. The van der Waals surface area contributed by atoms with Crippen molar-refractivity contribution in [3.63, 3.8) is 0 Å². The molecule has 1 heterocycles. The molecule has 3 aromatic carbocycles. The number of aromatic nitrogens is 1. The summed E-state index contributed by atoms with van der Waals surface area (Å²) in [6, 6.07) is 16.2. The average molecular weight is 425 g/mol. The van der Waals surface area contributed by atoms with Gasteiger partial charge in [-0.1, -0.05) is 23.7 Å². The molecule has 0 bridgehead atoms. The predicted octanol–water partition coefficient (Wildman–Crippen LogP) is 5.55. The number of rotatable bonds is 4. The molecule has 0 radical (unpaired) electrons. The molecule has 30 heavy (non-hydrogen) atoms. The Balaban J connectivity index is 1.82. The van der Waals surface area contributed by atoms with E-state index in [1.807, 2.05) is 43.3 Å². The van der Waals surface area contributed by atoms with Gasteiger partial charge in [-0.3, -0.25) is 4.79 Å². The third-order valence-electron chi connectivity index (χ3n) is 4.76. The van der Waals surface area contributed by atoms with Gasteiger partial charge in [0.15, 0.2) is 5.75 Å². The van der Waals surface area contributed by atoms with Crippen molar-refractivity contribution < 1.29 is 14.2 Å². The smallest absolute Gasteiger partial charge is 0.295 e. The van der Waals surface area contributed by atoms with Crippen molar-refractivity contribution in [3.05, 3.63) is 81.9 Å². The van der Waals surface area contributed by atoms with Crippen LogP contribution < -0.4 is 15.2 Å². The lowest BCUT2D eigenvalue weighted by molar-refractivity contribution is 0.410. The minimum atomic E-state index is -0.622. The summed E-state index contributed by atoms with van der Waals surface area (Å²) in [6.07, 6.45) is 0. The number of hydrogen-bond donors (Lipinski definition) is 2. The zero-order valence-corrected chi connectivity index (χ0v) is 17.0. The van der Waals surface area contributed by atoms with Crippen molar-refractivity contribution in [1.29, 1.82) is 0 Å². The molecule has 4 rings (SSSR count). The second kappa shape index (κ2) is 7.72. The van der Waals surface area contributed by atoms with E-state index < -0.39 is 11.4 Å². The van der Waals surface area contributed by atoms with Crippen LogP contribution in [0.5, 0.6) is 17.2 Å². The van der Waals surface area contributed by atoms with Crippen LogP contribution in [0, 0.1) is 5.82 Å². The van der Waals surface area contributed by atoms with Crippen molar-refractivity contribution >= 4 is 28.2 Å². The lowest BCUT2D eigenvalue weighted by Gasteiger charge is -2.14. The number of aromatic hydroxyl groups is 1. The van der Waals surface area contributed by atoms with Gasteiger partial charge in [0.05, 0.1) is 10.5 Å². The van der Waals surface area contributed by atoms with Gasteiger partial charge in [-0.25, -0.2) is 4.39 Å². The van der Waals surface area contributed by atoms with Gasteiger partial charge < -0.3 is 19.7 Å². The van der Waals surface area contributed by atoms with Crippen LogP contribution in [-0.4, -0.2) is 24.2 Å². The number of nitrogens with one attached hydrogen (secondary N) is 1. The predicted molar refractivity (Wildman–Crippen MR) is 117 cm³/mol. The summed E-state index contributed by atoms with van der Waals surface area (Å²) < 4.78 is 18.6. The summed E-state index contributed by atoms with van der Waals surface area (Å²) in [7, 11) is 3.91. The zero-order valence-electron chi connectivity index (χ0n) is 16.2. The number of aromatic amines is 1. The lowest BCUT2D eigenvalue weighted by atomic mass is 10.0. The van der Waals surface area contributed by atoms with Crippen LogP contribution in [0.4, 0.5) is 10.1 Å². The van der Waals surface area contributed by atoms with Gasteiger partial charge in [-0.05, 0) is 54.1 Å². The van der Waals surface area contributed by atoms with E-state index in [4.69, 9.17) is 16.3 Å². The van der Waals surface area contributed by atoms with E-state index in [0.29, 0.717) is 21.5 Å². The number of hydrogen-bond acceptors (Lipinski definition) is 4. The van der Waals surface area contributed by atoms with Gasteiger partial charge >= 0.3 is 0 Å². The molecule has 0 saturated carbocycles. The third kappa shape index (κ3) is 3.69. The molecule has 5 nitrogen and oxygen atoms in total. The second-order valence-corrected chi connectivity index (χ2v) is 7.41. The first kappa shape index (κ1) is 19.8. The molecule has 0 fully saturated rings. The molecule has 0 aliphatic carbocycles. The molecule has 0 amide bonds. The van der Waals surface area contributed by atoms with E-state index >= 15 is 0 Å². The lowest BCUT2D eigenvalue weighted by Crippen LogP contribution is -2.09. The third-order valence-corrected chi connectivity index (χ3v) is 5.07. The Hall–Kier alpha value is -3.51. The minimum Gasteiger partial charge on any atom is -0.504 e. The van der Waals surface area contributed by atoms with Crippen LogP contribution in [0.25, 0.3) is 22.0 Å². The molecule has 0 aliphatic heterocycles. The number of halogens is 2. The Morgan fingerprint density at radius 2 is 1.70 bits per heavy atom. The number of nitrogens with zero attached hydrogens (tertiary/aromatic N) is 1. The monoisotopic (exact) mass is 424 g/mol. The highest BCUT2D eigenvalue weighted by Gasteiger charge is 2.17. The molecule has 2 N–H and O–H groups in total. The molecule has 0 aliphatic rings. The van der Waals surface area contributed by atoms with Crippen LogP contribution in [0.1, 0.15) is 0 Å². The number of fused-ring (bicyclic) bond motifs is 1. The highest BCUT2D eigenvalue weighted by molar-refractivity contribution is 6.34. The maximum absolute atomic E-state index is 13.1. The Bertz CT molecular complexity index is 1280. The van der Waals surface area contributed by atoms with Crippen molar-refractivity contribution in [2.75, 3.05) is 19.0 Å². The van der Waals surface area contributed by atoms with Crippen LogP contribution in [0.2, 0.25) is 5.02 Å². The highest BCUT2D eigenvalue weighted by atomic mass is 35.5. The molecule has 7 heteroatoms.